The zero-order valence-electron chi connectivity index (χ0n) is 31.2. The van der Waals surface area contributed by atoms with Crippen molar-refractivity contribution in [1.29, 1.82) is 0 Å². The summed E-state index contributed by atoms with van der Waals surface area (Å²) in [6.07, 6.45) is 0. The summed E-state index contributed by atoms with van der Waals surface area (Å²) in [5, 5.41) is 6.26. The number of para-hydroxylation sites is 3. The Morgan fingerprint density at radius 3 is 1.66 bits per heavy atom. The average molecular weight is 744 g/mol. The second-order valence-electron chi connectivity index (χ2n) is 14.8. The molecule has 272 valence electrons. The van der Waals surface area contributed by atoms with Crippen LogP contribution in [0.2, 0.25) is 0 Å². The molecule has 0 radical (unpaired) electrons. The molecular formula is C54H33NO3. The molecule has 9 aromatic carbocycles. The van der Waals surface area contributed by atoms with Gasteiger partial charge in [-0.25, -0.2) is 0 Å². The fourth-order valence-electron chi connectivity index (χ4n) is 8.77. The summed E-state index contributed by atoms with van der Waals surface area (Å²) in [4.78, 5) is 2.29. The molecule has 3 heterocycles. The highest BCUT2D eigenvalue weighted by molar-refractivity contribution is 6.24. The molecule has 12 aromatic rings. The van der Waals surface area contributed by atoms with Gasteiger partial charge in [-0.3, -0.25) is 0 Å². The normalized spacial score (nSPS) is 11.8. The number of nitrogens with zero attached hydrogens (tertiary/aromatic N) is 1. The second-order valence-corrected chi connectivity index (χ2v) is 14.8. The van der Waals surface area contributed by atoms with Crippen LogP contribution in [0, 0.1) is 0 Å². The van der Waals surface area contributed by atoms with E-state index in [0.29, 0.717) is 0 Å². The average Bonchev–Trinajstić information content (AvgIpc) is 3.98. The Morgan fingerprint density at radius 2 is 0.862 bits per heavy atom. The highest BCUT2D eigenvalue weighted by atomic mass is 16.3. The molecule has 0 aliphatic heterocycles. The molecule has 0 spiro atoms. The van der Waals surface area contributed by atoms with E-state index in [1.807, 2.05) is 30.3 Å². The van der Waals surface area contributed by atoms with Crippen LogP contribution in [-0.4, -0.2) is 0 Å². The summed E-state index contributed by atoms with van der Waals surface area (Å²) >= 11 is 0. The fourth-order valence-corrected chi connectivity index (χ4v) is 8.77. The van der Waals surface area contributed by atoms with E-state index in [4.69, 9.17) is 13.3 Å². The van der Waals surface area contributed by atoms with Crippen LogP contribution in [0.5, 0.6) is 0 Å². The predicted octanol–water partition coefficient (Wildman–Crippen LogP) is 15.9. The van der Waals surface area contributed by atoms with Gasteiger partial charge in [-0.1, -0.05) is 140 Å². The van der Waals surface area contributed by atoms with Gasteiger partial charge in [0.05, 0.1) is 5.69 Å². The van der Waals surface area contributed by atoms with Crippen molar-refractivity contribution < 1.29 is 13.3 Å². The quantitative estimate of drug-likeness (QED) is 0.170. The zero-order valence-corrected chi connectivity index (χ0v) is 31.2. The number of anilines is 3. The zero-order chi connectivity index (χ0) is 38.2. The summed E-state index contributed by atoms with van der Waals surface area (Å²) in [7, 11) is 0. The molecule has 0 aliphatic rings. The van der Waals surface area contributed by atoms with Crippen LogP contribution in [0.1, 0.15) is 0 Å². The maximum atomic E-state index is 6.95. The number of benzene rings is 9. The van der Waals surface area contributed by atoms with Crippen molar-refractivity contribution in [2.24, 2.45) is 0 Å². The lowest BCUT2D eigenvalue weighted by Crippen LogP contribution is -2.10. The van der Waals surface area contributed by atoms with Gasteiger partial charge in [-0.2, -0.15) is 0 Å². The first-order valence-corrected chi connectivity index (χ1v) is 19.6. The Bertz CT molecular complexity index is 3500. The maximum absolute atomic E-state index is 6.95. The van der Waals surface area contributed by atoms with Gasteiger partial charge < -0.3 is 18.2 Å². The lowest BCUT2D eigenvalue weighted by atomic mass is 9.94. The molecule has 0 saturated heterocycles. The number of furan rings is 3. The molecule has 0 fully saturated rings. The van der Waals surface area contributed by atoms with Crippen molar-refractivity contribution >= 4 is 82.9 Å². The first-order chi connectivity index (χ1) is 28.7. The lowest BCUT2D eigenvalue weighted by molar-refractivity contribution is 0.664. The van der Waals surface area contributed by atoms with Crippen LogP contribution in [0.25, 0.3) is 99.2 Å². The third-order valence-electron chi connectivity index (χ3n) is 11.5. The molecule has 0 bridgehead atoms. The molecule has 0 aliphatic carbocycles. The highest BCUT2D eigenvalue weighted by Gasteiger charge is 2.24. The molecule has 4 nitrogen and oxygen atoms in total. The van der Waals surface area contributed by atoms with Crippen LogP contribution in [0.15, 0.2) is 213 Å². The van der Waals surface area contributed by atoms with Crippen LogP contribution >= 0.6 is 0 Å². The third kappa shape index (κ3) is 5.09. The molecule has 58 heavy (non-hydrogen) atoms. The van der Waals surface area contributed by atoms with E-state index in [9.17, 15) is 0 Å². The minimum Gasteiger partial charge on any atom is -0.456 e. The first kappa shape index (κ1) is 32.4. The van der Waals surface area contributed by atoms with Crippen LogP contribution < -0.4 is 4.90 Å². The largest absolute Gasteiger partial charge is 0.456 e. The standard InChI is InChI=1S/C54H33NO3/c1-3-13-34(14-4-1)36-25-27-39(28-26-36)55(46-22-12-21-42-41-19-7-9-23-47(41)57-53(42)46)40-29-30-49-44(32-40)45-33-50-52(43-20-8-10-24-48(43)56-50)51(54(45)58-49)38-18-11-17-37(31-38)35-15-5-2-6-16-35/h1-33H. The molecule has 0 amide bonds. The summed E-state index contributed by atoms with van der Waals surface area (Å²) in [5.74, 6) is 0. The minimum absolute atomic E-state index is 0.803. The molecule has 0 saturated carbocycles. The summed E-state index contributed by atoms with van der Waals surface area (Å²) in [6, 6.07) is 70.1. The van der Waals surface area contributed by atoms with E-state index < -0.39 is 0 Å². The van der Waals surface area contributed by atoms with Gasteiger partial charge in [0, 0.05) is 49.3 Å². The number of fused-ring (bicyclic) bond motifs is 9. The van der Waals surface area contributed by atoms with Gasteiger partial charge in [0.1, 0.15) is 27.9 Å². The van der Waals surface area contributed by atoms with Crippen LogP contribution in [0.3, 0.4) is 0 Å². The van der Waals surface area contributed by atoms with Crippen molar-refractivity contribution in [2.75, 3.05) is 4.90 Å². The van der Waals surface area contributed by atoms with Gasteiger partial charge in [-0.05, 0) is 88.5 Å². The smallest absolute Gasteiger partial charge is 0.159 e. The summed E-state index contributed by atoms with van der Waals surface area (Å²) < 4.78 is 20.2. The first-order valence-electron chi connectivity index (χ1n) is 19.6. The molecule has 12 rings (SSSR count). The number of hydrogen-bond acceptors (Lipinski definition) is 4. The lowest BCUT2D eigenvalue weighted by Gasteiger charge is -2.26. The van der Waals surface area contributed by atoms with E-state index in [0.717, 1.165) is 111 Å². The summed E-state index contributed by atoms with van der Waals surface area (Å²) in [5.41, 5.74) is 14.7. The van der Waals surface area contributed by atoms with Crippen LogP contribution in [-0.2, 0) is 0 Å². The topological polar surface area (TPSA) is 42.7 Å². The Morgan fingerprint density at radius 1 is 0.293 bits per heavy atom. The van der Waals surface area contributed by atoms with Crippen molar-refractivity contribution in [2.45, 2.75) is 0 Å². The Balaban J connectivity index is 1.10. The minimum atomic E-state index is 0.803. The molecular weight excluding hydrogens is 711 g/mol. The Hall–Kier alpha value is -7.82. The highest BCUT2D eigenvalue weighted by Crippen LogP contribution is 2.48. The monoisotopic (exact) mass is 743 g/mol. The van der Waals surface area contributed by atoms with Crippen molar-refractivity contribution in [1.82, 2.24) is 0 Å². The second kappa shape index (κ2) is 12.9. The third-order valence-corrected chi connectivity index (χ3v) is 11.5. The maximum Gasteiger partial charge on any atom is 0.159 e. The predicted molar refractivity (Wildman–Crippen MR) is 239 cm³/mol. The molecule has 0 N–H and O–H groups in total. The van der Waals surface area contributed by atoms with Crippen LogP contribution in [0.4, 0.5) is 17.1 Å². The van der Waals surface area contributed by atoms with Gasteiger partial charge in [0.2, 0.25) is 0 Å². The molecule has 4 heteroatoms. The van der Waals surface area contributed by atoms with E-state index in [1.165, 1.54) is 5.56 Å². The number of rotatable bonds is 6. The fraction of sp³-hybridized carbons (Fsp3) is 0. The Labute approximate surface area is 333 Å². The Kier molecular flexibility index (Phi) is 7.20. The molecule has 3 aromatic heterocycles. The van der Waals surface area contributed by atoms with Crippen molar-refractivity contribution in [3.8, 4) is 33.4 Å². The van der Waals surface area contributed by atoms with Crippen molar-refractivity contribution in [3.05, 3.63) is 200 Å². The summed E-state index contributed by atoms with van der Waals surface area (Å²) in [6.45, 7) is 0. The number of hydrogen-bond donors (Lipinski definition) is 0. The van der Waals surface area contributed by atoms with Gasteiger partial charge in [0.25, 0.3) is 0 Å². The van der Waals surface area contributed by atoms with E-state index in [1.54, 1.807) is 0 Å². The molecule has 0 unspecified atom stereocenters. The SMILES string of the molecule is c1ccc(-c2ccc(N(c3ccc4oc5c(-c6cccc(-c7ccccc7)c6)c6c(cc5c4c3)oc3ccccc36)c3cccc4c3oc3ccccc34)cc2)cc1. The van der Waals surface area contributed by atoms with Gasteiger partial charge in [0.15, 0.2) is 5.58 Å². The molecule has 0 atom stereocenters. The van der Waals surface area contributed by atoms with E-state index in [2.05, 4.69) is 175 Å². The van der Waals surface area contributed by atoms with E-state index >= 15 is 0 Å². The van der Waals surface area contributed by atoms with Gasteiger partial charge >= 0.3 is 0 Å². The van der Waals surface area contributed by atoms with Crippen molar-refractivity contribution in [3.63, 3.8) is 0 Å². The van der Waals surface area contributed by atoms with Gasteiger partial charge in [-0.15, -0.1) is 0 Å². The van der Waals surface area contributed by atoms with E-state index in [-0.39, 0.29) is 0 Å².